The summed E-state index contributed by atoms with van der Waals surface area (Å²) in [6.07, 6.45) is 1.08. The second-order valence-corrected chi connectivity index (χ2v) is 4.38. The fourth-order valence-electron chi connectivity index (χ4n) is 1.93. The third-order valence-electron chi connectivity index (χ3n) is 2.97. The topological polar surface area (TPSA) is 28.7 Å². The minimum atomic E-state index is 0.460. The van der Waals surface area contributed by atoms with Gasteiger partial charge in [-0.2, -0.15) is 0 Å². The molecule has 1 heterocycles. The average Bonchev–Trinajstić information content (AvgIpc) is 2.63. The molecule has 1 N–H and O–H groups in total. The summed E-state index contributed by atoms with van der Waals surface area (Å²) >= 11 is 0. The highest BCUT2D eigenvalue weighted by Gasteiger charge is 2.09. The molecule has 0 unspecified atom stereocenters. The van der Waals surface area contributed by atoms with Crippen molar-refractivity contribution in [1.29, 1.82) is 0 Å². The Morgan fingerprint density at radius 2 is 2.07 bits per heavy atom. The second-order valence-electron chi connectivity index (χ2n) is 4.38. The van der Waals surface area contributed by atoms with Gasteiger partial charge in [0.1, 0.15) is 5.82 Å². The molecule has 80 valence electrons. The van der Waals surface area contributed by atoms with Crippen molar-refractivity contribution >= 4 is 11.0 Å². The number of rotatable bonds is 2. The number of imidazole rings is 1. The molecule has 0 saturated heterocycles. The zero-order valence-corrected chi connectivity index (χ0v) is 9.89. The lowest BCUT2D eigenvalue weighted by molar-refractivity contribution is 0.799. The van der Waals surface area contributed by atoms with Gasteiger partial charge in [-0.05, 0) is 30.5 Å². The van der Waals surface area contributed by atoms with Crippen molar-refractivity contribution < 1.29 is 0 Å². The van der Waals surface area contributed by atoms with Gasteiger partial charge in [0.05, 0.1) is 11.0 Å². The van der Waals surface area contributed by atoms with Crippen LogP contribution in [-0.2, 0) is 6.42 Å². The standard InChI is InChI=1S/C13H18N2/c1-5-10-6-7-11-12(9(10)4)15-13(14-11)8(2)3/h6-8H,5H2,1-4H3,(H,14,15). The Morgan fingerprint density at radius 3 is 2.67 bits per heavy atom. The fraction of sp³-hybridized carbons (Fsp3) is 0.462. The summed E-state index contributed by atoms with van der Waals surface area (Å²) in [5, 5.41) is 0. The molecular weight excluding hydrogens is 184 g/mol. The molecule has 0 spiro atoms. The summed E-state index contributed by atoms with van der Waals surface area (Å²) in [7, 11) is 0. The van der Waals surface area contributed by atoms with E-state index in [1.165, 1.54) is 11.1 Å². The van der Waals surface area contributed by atoms with Gasteiger partial charge in [-0.15, -0.1) is 0 Å². The van der Waals surface area contributed by atoms with Gasteiger partial charge >= 0.3 is 0 Å². The monoisotopic (exact) mass is 202 g/mol. The van der Waals surface area contributed by atoms with Crippen LogP contribution in [0.15, 0.2) is 12.1 Å². The lowest BCUT2D eigenvalue weighted by Crippen LogP contribution is -1.89. The molecule has 1 aromatic heterocycles. The number of benzene rings is 1. The molecule has 2 rings (SSSR count). The van der Waals surface area contributed by atoms with Crippen LogP contribution in [0.3, 0.4) is 0 Å². The quantitative estimate of drug-likeness (QED) is 0.792. The summed E-state index contributed by atoms with van der Waals surface area (Å²) in [6.45, 7) is 8.66. The van der Waals surface area contributed by atoms with Gasteiger partial charge in [0.25, 0.3) is 0 Å². The maximum Gasteiger partial charge on any atom is 0.109 e. The summed E-state index contributed by atoms with van der Waals surface area (Å²) in [5.41, 5.74) is 5.01. The van der Waals surface area contributed by atoms with Crippen molar-refractivity contribution in [3.63, 3.8) is 0 Å². The largest absolute Gasteiger partial charge is 0.342 e. The van der Waals surface area contributed by atoms with E-state index in [1.807, 2.05) is 0 Å². The predicted molar refractivity (Wildman–Crippen MR) is 64.3 cm³/mol. The van der Waals surface area contributed by atoms with Gasteiger partial charge in [0.15, 0.2) is 0 Å². The van der Waals surface area contributed by atoms with E-state index in [9.17, 15) is 0 Å². The second kappa shape index (κ2) is 3.69. The van der Waals surface area contributed by atoms with Crippen molar-refractivity contribution in [2.45, 2.75) is 40.0 Å². The minimum absolute atomic E-state index is 0.460. The molecular formula is C13H18N2. The number of hydrogen-bond acceptors (Lipinski definition) is 1. The normalized spacial score (nSPS) is 11.5. The zero-order chi connectivity index (χ0) is 11.0. The first-order valence-corrected chi connectivity index (χ1v) is 5.61. The molecule has 2 heteroatoms. The van der Waals surface area contributed by atoms with Crippen LogP contribution in [0.1, 0.15) is 43.6 Å². The highest BCUT2D eigenvalue weighted by atomic mass is 14.9. The smallest absolute Gasteiger partial charge is 0.109 e. The first kappa shape index (κ1) is 10.2. The van der Waals surface area contributed by atoms with Gasteiger partial charge < -0.3 is 4.98 Å². The Morgan fingerprint density at radius 1 is 1.33 bits per heavy atom. The molecule has 0 atom stereocenters. The van der Waals surface area contributed by atoms with Crippen molar-refractivity contribution in [3.8, 4) is 0 Å². The number of aromatic nitrogens is 2. The molecule has 0 aliphatic heterocycles. The lowest BCUT2D eigenvalue weighted by atomic mass is 10.1. The molecule has 2 nitrogen and oxygen atoms in total. The summed E-state index contributed by atoms with van der Waals surface area (Å²) in [6, 6.07) is 4.33. The number of H-pyrrole nitrogens is 1. The Balaban J connectivity index is 2.66. The number of nitrogens with one attached hydrogen (secondary N) is 1. The van der Waals surface area contributed by atoms with Gasteiger partial charge in [-0.3, -0.25) is 0 Å². The number of nitrogens with zero attached hydrogens (tertiary/aromatic N) is 1. The Bertz CT molecular complexity index is 480. The summed E-state index contributed by atoms with van der Waals surface area (Å²) in [5.74, 6) is 1.54. The molecule has 2 aromatic rings. The minimum Gasteiger partial charge on any atom is -0.342 e. The number of fused-ring (bicyclic) bond motifs is 1. The lowest BCUT2D eigenvalue weighted by Gasteiger charge is -2.01. The predicted octanol–water partition coefficient (Wildman–Crippen LogP) is 3.56. The fourth-order valence-corrected chi connectivity index (χ4v) is 1.93. The van der Waals surface area contributed by atoms with Crippen LogP contribution in [0.5, 0.6) is 0 Å². The van der Waals surface area contributed by atoms with Crippen LogP contribution in [0.25, 0.3) is 11.0 Å². The average molecular weight is 202 g/mol. The van der Waals surface area contributed by atoms with Crippen LogP contribution >= 0.6 is 0 Å². The van der Waals surface area contributed by atoms with Gasteiger partial charge in [0.2, 0.25) is 0 Å². The molecule has 0 aliphatic carbocycles. The number of aromatic amines is 1. The highest BCUT2D eigenvalue weighted by Crippen LogP contribution is 2.22. The molecule has 0 saturated carbocycles. The van der Waals surface area contributed by atoms with E-state index >= 15 is 0 Å². The van der Waals surface area contributed by atoms with E-state index in [4.69, 9.17) is 0 Å². The van der Waals surface area contributed by atoms with E-state index in [2.05, 4.69) is 49.8 Å². The third kappa shape index (κ3) is 1.65. The Labute approximate surface area is 90.7 Å². The summed E-state index contributed by atoms with van der Waals surface area (Å²) < 4.78 is 0. The Kier molecular flexibility index (Phi) is 2.51. The van der Waals surface area contributed by atoms with Gasteiger partial charge in [-0.25, -0.2) is 4.98 Å². The molecule has 0 fully saturated rings. The van der Waals surface area contributed by atoms with Crippen LogP contribution in [-0.4, -0.2) is 9.97 Å². The van der Waals surface area contributed by atoms with E-state index < -0.39 is 0 Å². The number of aryl methyl sites for hydroxylation is 2. The first-order valence-electron chi connectivity index (χ1n) is 5.61. The molecule has 0 radical (unpaired) electrons. The molecule has 0 amide bonds. The van der Waals surface area contributed by atoms with E-state index in [1.54, 1.807) is 0 Å². The van der Waals surface area contributed by atoms with E-state index in [0.29, 0.717) is 5.92 Å². The van der Waals surface area contributed by atoms with Crippen LogP contribution in [0.4, 0.5) is 0 Å². The van der Waals surface area contributed by atoms with E-state index in [-0.39, 0.29) is 0 Å². The SMILES string of the molecule is CCc1ccc2[nH]c(C(C)C)nc2c1C. The number of hydrogen-bond donors (Lipinski definition) is 1. The third-order valence-corrected chi connectivity index (χ3v) is 2.97. The zero-order valence-electron chi connectivity index (χ0n) is 9.89. The maximum absolute atomic E-state index is 4.66. The first-order chi connectivity index (χ1) is 7.13. The molecule has 1 aromatic carbocycles. The van der Waals surface area contributed by atoms with Gasteiger partial charge in [-0.1, -0.05) is 26.8 Å². The summed E-state index contributed by atoms with van der Waals surface area (Å²) in [4.78, 5) is 8.04. The maximum atomic E-state index is 4.66. The molecule has 0 aliphatic rings. The van der Waals surface area contributed by atoms with E-state index in [0.717, 1.165) is 23.3 Å². The van der Waals surface area contributed by atoms with Crippen molar-refractivity contribution in [1.82, 2.24) is 9.97 Å². The van der Waals surface area contributed by atoms with Crippen LogP contribution in [0, 0.1) is 6.92 Å². The van der Waals surface area contributed by atoms with Crippen molar-refractivity contribution in [3.05, 3.63) is 29.1 Å². The van der Waals surface area contributed by atoms with Crippen molar-refractivity contribution in [2.24, 2.45) is 0 Å². The van der Waals surface area contributed by atoms with Crippen LogP contribution in [0.2, 0.25) is 0 Å². The van der Waals surface area contributed by atoms with Crippen molar-refractivity contribution in [2.75, 3.05) is 0 Å². The molecule has 0 bridgehead atoms. The van der Waals surface area contributed by atoms with Gasteiger partial charge in [0, 0.05) is 5.92 Å². The highest BCUT2D eigenvalue weighted by molar-refractivity contribution is 5.80. The van der Waals surface area contributed by atoms with Crippen LogP contribution < -0.4 is 0 Å². The Hall–Kier alpha value is -1.31. The molecule has 15 heavy (non-hydrogen) atoms.